The van der Waals surface area contributed by atoms with E-state index in [1.807, 2.05) is 6.07 Å². The minimum Gasteiger partial charge on any atom is -0.481 e. The number of nitrogens with zero attached hydrogens (tertiary/aromatic N) is 2. The van der Waals surface area contributed by atoms with Gasteiger partial charge in [0.2, 0.25) is 0 Å². The van der Waals surface area contributed by atoms with Crippen molar-refractivity contribution in [1.82, 2.24) is 9.97 Å². The predicted octanol–water partition coefficient (Wildman–Crippen LogP) is 2.89. The van der Waals surface area contributed by atoms with Gasteiger partial charge in [-0.2, -0.15) is 0 Å². The van der Waals surface area contributed by atoms with Crippen LogP contribution in [0.3, 0.4) is 0 Å². The van der Waals surface area contributed by atoms with Crippen molar-refractivity contribution in [1.29, 1.82) is 0 Å². The summed E-state index contributed by atoms with van der Waals surface area (Å²) in [4.78, 5) is 19.5. The Balaban J connectivity index is 1.81. The molecule has 21 heavy (non-hydrogen) atoms. The summed E-state index contributed by atoms with van der Waals surface area (Å²) in [6, 6.07) is 6.21. The molecular formula is C16H19N3O2. The highest BCUT2D eigenvalue weighted by atomic mass is 16.4. The van der Waals surface area contributed by atoms with Gasteiger partial charge >= 0.3 is 5.97 Å². The Labute approximate surface area is 123 Å². The van der Waals surface area contributed by atoms with Crippen LogP contribution in [0.2, 0.25) is 0 Å². The molecule has 110 valence electrons. The van der Waals surface area contributed by atoms with Crippen LogP contribution in [0, 0.1) is 11.8 Å². The Morgan fingerprint density at radius 2 is 2.24 bits per heavy atom. The van der Waals surface area contributed by atoms with E-state index in [1.54, 1.807) is 6.33 Å². The number of carboxylic acids is 1. The lowest BCUT2D eigenvalue weighted by atomic mass is 10.0. The topological polar surface area (TPSA) is 75.1 Å². The summed E-state index contributed by atoms with van der Waals surface area (Å²) in [7, 11) is 0. The van der Waals surface area contributed by atoms with Gasteiger partial charge in [-0.15, -0.1) is 0 Å². The van der Waals surface area contributed by atoms with Gasteiger partial charge in [-0.25, -0.2) is 9.97 Å². The first-order chi connectivity index (χ1) is 10.1. The average Bonchev–Trinajstić information content (AvgIpc) is 3.24. The number of hydrogen-bond acceptors (Lipinski definition) is 4. The Morgan fingerprint density at radius 3 is 2.90 bits per heavy atom. The number of benzene rings is 1. The number of aromatic nitrogens is 2. The van der Waals surface area contributed by atoms with Gasteiger partial charge in [-0.1, -0.05) is 19.9 Å². The summed E-state index contributed by atoms with van der Waals surface area (Å²) >= 11 is 0. The molecule has 5 heteroatoms. The standard InChI is InChI=1S/C16H19N3O2/c1-9(2)10-3-4-14-13(5-10)15(19-8-18-14)17-7-11-6-12(11)16(20)21/h3-5,8-9,11-12H,6-7H2,1-2H3,(H,20,21)(H,17,18,19)/t11-,12-/m0/s1. The molecule has 0 bridgehead atoms. The number of anilines is 1. The molecule has 2 atom stereocenters. The maximum absolute atomic E-state index is 10.9. The first-order valence-electron chi connectivity index (χ1n) is 7.27. The normalized spacial score (nSPS) is 20.7. The molecule has 0 unspecified atom stereocenters. The molecule has 1 aliphatic carbocycles. The second-order valence-electron chi connectivity index (χ2n) is 5.97. The number of fused-ring (bicyclic) bond motifs is 1. The first-order valence-corrected chi connectivity index (χ1v) is 7.27. The monoisotopic (exact) mass is 285 g/mol. The third kappa shape index (κ3) is 2.82. The summed E-state index contributed by atoms with van der Waals surface area (Å²) in [5, 5.41) is 13.2. The largest absolute Gasteiger partial charge is 0.481 e. The molecule has 0 saturated heterocycles. The lowest BCUT2D eigenvalue weighted by Gasteiger charge is -2.10. The number of rotatable bonds is 5. The van der Waals surface area contributed by atoms with E-state index in [9.17, 15) is 4.79 Å². The maximum Gasteiger partial charge on any atom is 0.306 e. The van der Waals surface area contributed by atoms with E-state index in [0.29, 0.717) is 12.5 Å². The van der Waals surface area contributed by atoms with Crippen molar-refractivity contribution in [3.8, 4) is 0 Å². The zero-order valence-corrected chi connectivity index (χ0v) is 12.2. The molecule has 1 saturated carbocycles. The van der Waals surface area contributed by atoms with Gasteiger partial charge in [0.15, 0.2) is 0 Å². The number of aliphatic carboxylic acids is 1. The van der Waals surface area contributed by atoms with E-state index in [0.717, 1.165) is 23.1 Å². The van der Waals surface area contributed by atoms with Crippen LogP contribution < -0.4 is 5.32 Å². The van der Waals surface area contributed by atoms with Gasteiger partial charge in [0.05, 0.1) is 11.4 Å². The molecule has 0 amide bonds. The van der Waals surface area contributed by atoms with Crippen molar-refractivity contribution < 1.29 is 9.90 Å². The summed E-state index contributed by atoms with van der Waals surface area (Å²) < 4.78 is 0. The maximum atomic E-state index is 10.9. The zero-order chi connectivity index (χ0) is 15.0. The lowest BCUT2D eigenvalue weighted by molar-refractivity contribution is -0.138. The fourth-order valence-electron chi connectivity index (χ4n) is 2.58. The summed E-state index contributed by atoms with van der Waals surface area (Å²) in [6.45, 7) is 4.95. The summed E-state index contributed by atoms with van der Waals surface area (Å²) in [5.41, 5.74) is 2.15. The van der Waals surface area contributed by atoms with Crippen LogP contribution in [-0.4, -0.2) is 27.6 Å². The zero-order valence-electron chi connectivity index (χ0n) is 12.2. The molecule has 1 aromatic carbocycles. The number of carboxylic acid groups (broad SMARTS) is 1. The van der Waals surface area contributed by atoms with Crippen LogP contribution in [0.4, 0.5) is 5.82 Å². The second-order valence-corrected chi connectivity index (χ2v) is 5.97. The average molecular weight is 285 g/mol. The van der Waals surface area contributed by atoms with Crippen LogP contribution in [0.25, 0.3) is 10.9 Å². The van der Waals surface area contributed by atoms with Crippen molar-refractivity contribution in [3.63, 3.8) is 0 Å². The first kappa shape index (κ1) is 13.8. The van der Waals surface area contributed by atoms with Gasteiger partial charge < -0.3 is 10.4 Å². The Kier molecular flexibility index (Phi) is 3.49. The smallest absolute Gasteiger partial charge is 0.306 e. The molecule has 2 N–H and O–H groups in total. The van der Waals surface area contributed by atoms with Crippen LogP contribution in [0.15, 0.2) is 24.5 Å². The van der Waals surface area contributed by atoms with E-state index in [-0.39, 0.29) is 11.8 Å². The molecule has 1 heterocycles. The number of carbonyl (C=O) groups is 1. The molecule has 0 spiro atoms. The van der Waals surface area contributed by atoms with E-state index in [4.69, 9.17) is 5.11 Å². The highest BCUT2D eigenvalue weighted by molar-refractivity contribution is 5.89. The van der Waals surface area contributed by atoms with Crippen molar-refractivity contribution in [3.05, 3.63) is 30.1 Å². The minimum atomic E-state index is -0.698. The molecule has 1 aromatic heterocycles. The van der Waals surface area contributed by atoms with Gasteiger partial charge in [0.1, 0.15) is 12.1 Å². The van der Waals surface area contributed by atoms with Gasteiger partial charge in [0.25, 0.3) is 0 Å². The molecule has 3 rings (SSSR count). The van der Waals surface area contributed by atoms with Crippen LogP contribution in [-0.2, 0) is 4.79 Å². The van der Waals surface area contributed by atoms with Gasteiger partial charge in [0, 0.05) is 11.9 Å². The van der Waals surface area contributed by atoms with E-state index in [2.05, 4.69) is 41.3 Å². The molecule has 2 aromatic rings. The van der Waals surface area contributed by atoms with Crippen molar-refractivity contribution in [2.24, 2.45) is 11.8 Å². The molecule has 0 aliphatic heterocycles. The fourth-order valence-corrected chi connectivity index (χ4v) is 2.58. The van der Waals surface area contributed by atoms with E-state index >= 15 is 0 Å². The summed E-state index contributed by atoms with van der Waals surface area (Å²) in [5.74, 6) is 0.551. The third-order valence-electron chi connectivity index (χ3n) is 4.10. The minimum absolute atomic E-state index is 0.197. The summed E-state index contributed by atoms with van der Waals surface area (Å²) in [6.07, 6.45) is 2.30. The lowest BCUT2D eigenvalue weighted by Crippen LogP contribution is -2.10. The van der Waals surface area contributed by atoms with Crippen LogP contribution >= 0.6 is 0 Å². The fraction of sp³-hybridized carbons (Fsp3) is 0.438. The molecular weight excluding hydrogens is 266 g/mol. The third-order valence-corrected chi connectivity index (χ3v) is 4.10. The van der Waals surface area contributed by atoms with Crippen LogP contribution in [0.5, 0.6) is 0 Å². The molecule has 5 nitrogen and oxygen atoms in total. The van der Waals surface area contributed by atoms with Gasteiger partial charge in [-0.05, 0) is 36.0 Å². The van der Waals surface area contributed by atoms with Crippen molar-refractivity contribution >= 4 is 22.7 Å². The van der Waals surface area contributed by atoms with E-state index in [1.165, 1.54) is 5.56 Å². The Bertz CT molecular complexity index is 684. The highest BCUT2D eigenvalue weighted by Crippen LogP contribution is 2.38. The second kappa shape index (κ2) is 5.31. The SMILES string of the molecule is CC(C)c1ccc2ncnc(NC[C@@H]3C[C@@H]3C(=O)O)c2c1. The Hall–Kier alpha value is -2.17. The number of hydrogen-bond donors (Lipinski definition) is 2. The molecule has 1 fully saturated rings. The van der Waals surface area contributed by atoms with Crippen molar-refractivity contribution in [2.75, 3.05) is 11.9 Å². The van der Waals surface area contributed by atoms with Crippen molar-refractivity contribution in [2.45, 2.75) is 26.2 Å². The van der Waals surface area contributed by atoms with Crippen LogP contribution in [0.1, 0.15) is 31.7 Å². The number of nitrogens with one attached hydrogen (secondary N) is 1. The predicted molar refractivity (Wildman–Crippen MR) is 81.3 cm³/mol. The molecule has 1 aliphatic rings. The molecule has 0 radical (unpaired) electrons. The Morgan fingerprint density at radius 1 is 1.43 bits per heavy atom. The van der Waals surface area contributed by atoms with E-state index < -0.39 is 5.97 Å². The highest BCUT2D eigenvalue weighted by Gasteiger charge is 2.42. The quantitative estimate of drug-likeness (QED) is 0.883. The van der Waals surface area contributed by atoms with Gasteiger partial charge in [-0.3, -0.25) is 4.79 Å².